The van der Waals surface area contributed by atoms with Crippen molar-refractivity contribution in [2.24, 2.45) is 5.41 Å². The van der Waals surface area contributed by atoms with Crippen LogP contribution in [-0.4, -0.2) is 33.4 Å². The van der Waals surface area contributed by atoms with E-state index in [9.17, 15) is 19.8 Å². The third-order valence-corrected chi connectivity index (χ3v) is 4.35. The van der Waals surface area contributed by atoms with Crippen molar-refractivity contribution in [2.75, 3.05) is 13.2 Å². The number of rotatable bonds is 3. The van der Waals surface area contributed by atoms with E-state index in [2.05, 4.69) is 9.97 Å². The van der Waals surface area contributed by atoms with E-state index in [0.717, 1.165) is 12.8 Å². The van der Waals surface area contributed by atoms with Crippen LogP contribution in [-0.2, 0) is 0 Å². The van der Waals surface area contributed by atoms with Gasteiger partial charge in [0.15, 0.2) is 0 Å². The first-order valence-corrected chi connectivity index (χ1v) is 6.56. The highest BCUT2D eigenvalue weighted by molar-refractivity contribution is 5.19. The molecule has 0 aromatic carbocycles. The molecule has 1 aromatic rings. The smallest absolute Gasteiger partial charge is 0.325 e. The van der Waals surface area contributed by atoms with E-state index in [1.54, 1.807) is 6.92 Å². The molecular formula is C13H20N2O4. The van der Waals surface area contributed by atoms with Crippen molar-refractivity contribution in [3.8, 4) is 0 Å². The van der Waals surface area contributed by atoms with Crippen LogP contribution in [0.2, 0.25) is 0 Å². The average molecular weight is 268 g/mol. The molecule has 6 nitrogen and oxygen atoms in total. The van der Waals surface area contributed by atoms with Gasteiger partial charge in [-0.3, -0.25) is 9.78 Å². The van der Waals surface area contributed by atoms with Gasteiger partial charge in [0.2, 0.25) is 0 Å². The zero-order valence-electron chi connectivity index (χ0n) is 11.0. The normalized spacial score (nSPS) is 19.5. The van der Waals surface area contributed by atoms with Gasteiger partial charge < -0.3 is 15.2 Å². The highest BCUT2D eigenvalue weighted by Gasteiger charge is 2.35. The Morgan fingerprint density at radius 2 is 1.74 bits per heavy atom. The molecule has 0 radical (unpaired) electrons. The Kier molecular flexibility index (Phi) is 3.91. The van der Waals surface area contributed by atoms with Crippen molar-refractivity contribution in [1.82, 2.24) is 9.97 Å². The standard InChI is InChI=1S/C13H20N2O4/c1-8-10(14-12(19)15-11(8)18)9-2-4-13(6-16,7-17)5-3-9/h9,16-17H,2-7H2,1H3,(H2,14,15,18,19). The fourth-order valence-corrected chi connectivity index (χ4v) is 2.86. The second-order valence-corrected chi connectivity index (χ2v) is 5.54. The van der Waals surface area contributed by atoms with E-state index >= 15 is 0 Å². The van der Waals surface area contributed by atoms with Gasteiger partial charge in [-0.25, -0.2) is 4.79 Å². The van der Waals surface area contributed by atoms with E-state index in [-0.39, 0.29) is 24.7 Å². The lowest BCUT2D eigenvalue weighted by Gasteiger charge is -2.37. The van der Waals surface area contributed by atoms with Crippen molar-refractivity contribution >= 4 is 0 Å². The van der Waals surface area contributed by atoms with Gasteiger partial charge in [-0.1, -0.05) is 0 Å². The van der Waals surface area contributed by atoms with Crippen LogP contribution < -0.4 is 11.2 Å². The van der Waals surface area contributed by atoms with Crippen LogP contribution in [0.1, 0.15) is 42.9 Å². The number of hydrogen-bond acceptors (Lipinski definition) is 4. The summed E-state index contributed by atoms with van der Waals surface area (Å²) in [5.74, 6) is 0.112. The molecule has 1 fully saturated rings. The molecule has 2 rings (SSSR count). The molecule has 4 N–H and O–H groups in total. The maximum atomic E-state index is 11.6. The number of aliphatic hydroxyl groups is 2. The molecule has 1 aliphatic rings. The molecule has 0 spiro atoms. The fraction of sp³-hybridized carbons (Fsp3) is 0.692. The molecule has 19 heavy (non-hydrogen) atoms. The lowest BCUT2D eigenvalue weighted by molar-refractivity contribution is 0.0185. The van der Waals surface area contributed by atoms with Crippen LogP contribution in [0.15, 0.2) is 9.59 Å². The molecule has 0 aliphatic heterocycles. The minimum absolute atomic E-state index is 0.0267. The molecular weight excluding hydrogens is 248 g/mol. The van der Waals surface area contributed by atoms with Crippen molar-refractivity contribution in [3.05, 3.63) is 32.1 Å². The first kappa shape index (κ1) is 14.0. The van der Waals surface area contributed by atoms with Gasteiger partial charge in [0.05, 0.1) is 13.2 Å². The fourth-order valence-electron chi connectivity index (χ4n) is 2.86. The first-order chi connectivity index (χ1) is 9.01. The van der Waals surface area contributed by atoms with Crippen LogP contribution in [0.3, 0.4) is 0 Å². The van der Waals surface area contributed by atoms with E-state index in [4.69, 9.17) is 0 Å². The largest absolute Gasteiger partial charge is 0.396 e. The second-order valence-electron chi connectivity index (χ2n) is 5.54. The molecule has 1 aliphatic carbocycles. The Bertz CT molecular complexity index is 546. The monoisotopic (exact) mass is 268 g/mol. The first-order valence-electron chi connectivity index (χ1n) is 6.56. The Balaban J connectivity index is 2.23. The third-order valence-electron chi connectivity index (χ3n) is 4.35. The summed E-state index contributed by atoms with van der Waals surface area (Å²) in [6, 6.07) is 0. The zero-order valence-corrected chi connectivity index (χ0v) is 11.0. The van der Waals surface area contributed by atoms with Crippen molar-refractivity contribution < 1.29 is 10.2 Å². The maximum absolute atomic E-state index is 11.6. The number of H-pyrrole nitrogens is 2. The van der Waals surface area contributed by atoms with Gasteiger partial charge in [-0.15, -0.1) is 0 Å². The quantitative estimate of drug-likeness (QED) is 0.619. The molecule has 106 valence electrons. The summed E-state index contributed by atoms with van der Waals surface area (Å²) in [5, 5.41) is 18.7. The molecule has 0 unspecified atom stereocenters. The summed E-state index contributed by atoms with van der Waals surface area (Å²) in [4.78, 5) is 27.9. The van der Waals surface area contributed by atoms with Gasteiger partial charge in [0, 0.05) is 16.7 Å². The third kappa shape index (κ3) is 2.64. The molecule has 6 heteroatoms. The highest BCUT2D eigenvalue weighted by Crippen LogP contribution is 2.42. The molecule has 1 heterocycles. The Morgan fingerprint density at radius 3 is 2.26 bits per heavy atom. The van der Waals surface area contributed by atoms with E-state index in [1.165, 1.54) is 0 Å². The number of aromatic nitrogens is 2. The van der Waals surface area contributed by atoms with E-state index < -0.39 is 11.1 Å². The highest BCUT2D eigenvalue weighted by atomic mass is 16.3. The summed E-state index contributed by atoms with van der Waals surface area (Å²) in [5.41, 5.74) is 0.00121. The second kappa shape index (κ2) is 5.30. The van der Waals surface area contributed by atoms with Crippen LogP contribution in [0.5, 0.6) is 0 Å². The average Bonchev–Trinajstić information content (AvgIpc) is 2.43. The van der Waals surface area contributed by atoms with Gasteiger partial charge in [0.1, 0.15) is 0 Å². The summed E-state index contributed by atoms with van der Waals surface area (Å²) in [7, 11) is 0. The minimum Gasteiger partial charge on any atom is -0.396 e. The Labute approximate surface area is 110 Å². The Morgan fingerprint density at radius 1 is 1.16 bits per heavy atom. The summed E-state index contributed by atoms with van der Waals surface area (Å²) in [6.45, 7) is 1.65. The van der Waals surface area contributed by atoms with Crippen molar-refractivity contribution in [3.63, 3.8) is 0 Å². The number of hydrogen-bond donors (Lipinski definition) is 4. The topological polar surface area (TPSA) is 106 Å². The zero-order chi connectivity index (χ0) is 14.0. The Hall–Kier alpha value is -1.40. The predicted octanol–water partition coefficient (Wildman–Crippen LogP) is 0.000220. The van der Waals surface area contributed by atoms with Crippen LogP contribution in [0.25, 0.3) is 0 Å². The van der Waals surface area contributed by atoms with Gasteiger partial charge in [-0.2, -0.15) is 0 Å². The maximum Gasteiger partial charge on any atom is 0.325 e. The SMILES string of the molecule is Cc1c(C2CCC(CO)(CO)CC2)[nH]c(=O)[nH]c1=O. The summed E-state index contributed by atoms with van der Waals surface area (Å²) in [6.07, 6.45) is 2.89. The predicted molar refractivity (Wildman–Crippen MR) is 70.2 cm³/mol. The molecule has 0 saturated heterocycles. The van der Waals surface area contributed by atoms with Crippen LogP contribution in [0.4, 0.5) is 0 Å². The summed E-state index contributed by atoms with van der Waals surface area (Å²) < 4.78 is 0. The van der Waals surface area contributed by atoms with Gasteiger partial charge in [-0.05, 0) is 38.5 Å². The molecule has 1 saturated carbocycles. The lowest BCUT2D eigenvalue weighted by Crippen LogP contribution is -2.35. The van der Waals surface area contributed by atoms with Gasteiger partial charge >= 0.3 is 5.69 Å². The molecule has 1 aromatic heterocycles. The van der Waals surface area contributed by atoms with Crippen molar-refractivity contribution in [2.45, 2.75) is 38.5 Å². The van der Waals surface area contributed by atoms with E-state index in [0.29, 0.717) is 24.1 Å². The molecule has 0 bridgehead atoms. The van der Waals surface area contributed by atoms with Gasteiger partial charge in [0.25, 0.3) is 5.56 Å². The number of nitrogens with one attached hydrogen (secondary N) is 2. The minimum atomic E-state index is -0.480. The van der Waals surface area contributed by atoms with Crippen molar-refractivity contribution in [1.29, 1.82) is 0 Å². The van der Waals surface area contributed by atoms with E-state index in [1.807, 2.05) is 0 Å². The van der Waals surface area contributed by atoms with Crippen LogP contribution >= 0.6 is 0 Å². The number of aromatic amines is 2. The lowest BCUT2D eigenvalue weighted by atomic mass is 9.70. The number of aliphatic hydroxyl groups excluding tert-OH is 2. The van der Waals surface area contributed by atoms with Crippen LogP contribution in [0, 0.1) is 12.3 Å². The molecule has 0 atom stereocenters. The molecule has 0 amide bonds. The summed E-state index contributed by atoms with van der Waals surface area (Å²) >= 11 is 0.